The van der Waals surface area contributed by atoms with E-state index in [0.29, 0.717) is 23.8 Å². The Morgan fingerprint density at radius 1 is 0.674 bits per heavy atom. The van der Waals surface area contributed by atoms with Gasteiger partial charge in [-0.2, -0.15) is 29.9 Å². The Morgan fingerprint density at radius 2 is 1.02 bits per heavy atom. The van der Waals surface area contributed by atoms with E-state index in [2.05, 4.69) is 55.4 Å². The third-order valence-corrected chi connectivity index (χ3v) is 6.11. The minimum Gasteiger partial charge on any atom is -0.726 e. The molecule has 0 bridgehead atoms. The predicted octanol–water partition coefficient (Wildman–Crippen LogP) is 1.16. The monoisotopic (exact) mass is 726 g/mol. The maximum Gasteiger partial charge on any atom is 1.00 e. The molecule has 4 aromatic rings. The van der Waals surface area contributed by atoms with Crippen molar-refractivity contribution in [3.8, 4) is 0 Å². The zero-order valence-electron chi connectivity index (χ0n) is 25.9. The Bertz CT molecular complexity index is 1540. The van der Waals surface area contributed by atoms with Crippen LogP contribution in [0.25, 0.3) is 0 Å². The topological polar surface area (TPSA) is 226 Å². The molecule has 2 aromatic heterocycles. The van der Waals surface area contributed by atoms with Gasteiger partial charge < -0.3 is 25.8 Å². The third kappa shape index (κ3) is 20.2. The summed E-state index contributed by atoms with van der Waals surface area (Å²) in [6.07, 6.45) is 0.910. The molecule has 0 aliphatic heterocycles. The normalized spacial score (nSPS) is 10.2. The first-order chi connectivity index (χ1) is 21.3. The summed E-state index contributed by atoms with van der Waals surface area (Å²) in [7, 11) is -4.60. The quantitative estimate of drug-likeness (QED) is 0.102. The van der Waals surface area contributed by atoms with Crippen molar-refractivity contribution in [1.29, 1.82) is 0 Å². The van der Waals surface area contributed by atoms with Crippen LogP contribution in [0.5, 0.6) is 0 Å². The first kappa shape index (κ1) is 43.1. The molecule has 2 aromatic carbocycles. The molecule has 0 fully saturated rings. The Morgan fingerprint density at radius 3 is 1.33 bits per heavy atom. The molecule has 0 aliphatic carbocycles. The van der Waals surface area contributed by atoms with E-state index >= 15 is 0 Å². The van der Waals surface area contributed by atoms with Crippen molar-refractivity contribution < 1.29 is 55.1 Å². The number of benzene rings is 2. The van der Waals surface area contributed by atoms with E-state index < -0.39 is 32.6 Å². The molecule has 0 amide bonds. The van der Waals surface area contributed by atoms with Gasteiger partial charge >= 0.3 is 29.6 Å². The van der Waals surface area contributed by atoms with E-state index in [1.165, 1.54) is 0 Å². The van der Waals surface area contributed by atoms with Gasteiger partial charge in [0.25, 0.3) is 0 Å². The Hall–Kier alpha value is -2.94. The average molecular weight is 728 g/mol. The Labute approximate surface area is 300 Å². The second-order valence-electron chi connectivity index (χ2n) is 7.85. The van der Waals surface area contributed by atoms with E-state index in [1.807, 2.05) is 74.5 Å². The van der Waals surface area contributed by atoms with E-state index in [-0.39, 0.29) is 40.1 Å². The fourth-order valence-electron chi connectivity index (χ4n) is 2.62. The van der Waals surface area contributed by atoms with Crippen LogP contribution in [0.1, 0.15) is 13.8 Å². The number of rotatable bonds is 10. The zero-order chi connectivity index (χ0) is 33.9. The number of halogens is 2. The fourth-order valence-corrected chi connectivity index (χ4v) is 3.72. The summed E-state index contributed by atoms with van der Waals surface area (Å²) in [5, 5.41) is 12.0. The Balaban J connectivity index is 0.000000649. The van der Waals surface area contributed by atoms with Gasteiger partial charge in [-0.15, -0.1) is 0 Å². The molecular weight excluding hydrogens is 694 g/mol. The van der Waals surface area contributed by atoms with Crippen molar-refractivity contribution in [1.82, 2.24) is 29.9 Å². The van der Waals surface area contributed by atoms with Crippen molar-refractivity contribution in [2.24, 2.45) is 0 Å². The number of aromatic nitrogens is 6. The van der Waals surface area contributed by atoms with Gasteiger partial charge in [-0.05, 0) is 47.5 Å². The second kappa shape index (κ2) is 22.6. The van der Waals surface area contributed by atoms with Gasteiger partial charge in [-0.25, -0.2) is 16.8 Å². The smallest absolute Gasteiger partial charge is 0.726 e. The van der Waals surface area contributed by atoms with Crippen LogP contribution in [0.4, 0.5) is 35.2 Å². The van der Waals surface area contributed by atoms with Gasteiger partial charge in [0.05, 0.1) is 12.4 Å². The van der Waals surface area contributed by atoms with Gasteiger partial charge in [0.2, 0.25) is 44.8 Å². The zero-order valence-corrected chi connectivity index (χ0v) is 31.0. The summed E-state index contributed by atoms with van der Waals surface area (Å²) in [6, 6.07) is 19.2. The van der Waals surface area contributed by atoms with Gasteiger partial charge in [0.15, 0.2) is 0 Å². The Kier molecular flexibility index (Phi) is 21.1. The molecule has 0 radical (unpaired) electrons. The number of para-hydroxylation sites is 2. The van der Waals surface area contributed by atoms with Gasteiger partial charge in [-0.1, -0.05) is 50.2 Å². The average Bonchev–Trinajstić information content (AvgIpc) is 2.98. The van der Waals surface area contributed by atoms with Crippen LogP contribution < -0.4 is 50.8 Å². The molecule has 16 nitrogen and oxygen atoms in total. The minimum atomic E-state index is -4.76. The number of hydrogen-bond donors (Lipinski definition) is 4. The van der Waals surface area contributed by atoms with Crippen LogP contribution in [0.15, 0.2) is 60.7 Å². The van der Waals surface area contributed by atoms with Crippen LogP contribution >= 0.6 is 23.2 Å². The predicted molar refractivity (Wildman–Crippen MR) is 175 cm³/mol. The number of anilines is 6. The molecule has 0 saturated carbocycles. The van der Waals surface area contributed by atoms with Crippen LogP contribution in [0, 0.1) is 0 Å². The SMILES string of the molecule is CC.CNc1nc(Cl)nc(Nc2ccccc2)n1.CNc1nc(Cl)nc(Nc2ccccc2)n1.CS(=O)(=O)CCOS(=O)(=O)[O-].[Na+]. The van der Waals surface area contributed by atoms with Crippen LogP contribution in [-0.4, -0.2) is 84.0 Å². The number of hydrogen-bond acceptors (Lipinski definition) is 16. The summed E-state index contributed by atoms with van der Waals surface area (Å²) in [5.41, 5.74) is 1.79. The van der Waals surface area contributed by atoms with Crippen molar-refractivity contribution in [3.05, 3.63) is 71.2 Å². The molecule has 4 N–H and O–H groups in total. The molecule has 4 rings (SSSR count). The van der Waals surface area contributed by atoms with Crippen molar-refractivity contribution >= 4 is 78.6 Å². The molecule has 246 valence electrons. The summed E-state index contributed by atoms with van der Waals surface area (Å²) in [6.45, 7) is 3.38. The van der Waals surface area contributed by atoms with Crippen LogP contribution in [-0.2, 0) is 24.4 Å². The molecule has 46 heavy (non-hydrogen) atoms. The van der Waals surface area contributed by atoms with Gasteiger partial charge in [0, 0.05) is 31.7 Å². The molecule has 0 saturated heterocycles. The largest absolute Gasteiger partial charge is 1.00 e. The molecular formula is C25H33Cl2N10NaO6S2. The molecule has 0 atom stereocenters. The van der Waals surface area contributed by atoms with Crippen molar-refractivity contribution in [3.63, 3.8) is 0 Å². The molecule has 2 heterocycles. The number of nitrogens with zero attached hydrogens (tertiary/aromatic N) is 6. The van der Waals surface area contributed by atoms with E-state index in [1.54, 1.807) is 14.1 Å². The van der Waals surface area contributed by atoms with Crippen molar-refractivity contribution in [2.45, 2.75) is 13.8 Å². The maximum absolute atomic E-state index is 10.3. The van der Waals surface area contributed by atoms with Gasteiger partial charge in [0.1, 0.15) is 9.84 Å². The summed E-state index contributed by atoms with van der Waals surface area (Å²) < 4.78 is 53.6. The van der Waals surface area contributed by atoms with Crippen LogP contribution in [0.2, 0.25) is 10.6 Å². The summed E-state index contributed by atoms with van der Waals surface area (Å²) in [4.78, 5) is 23.9. The van der Waals surface area contributed by atoms with Crippen molar-refractivity contribution in [2.75, 3.05) is 54.0 Å². The number of nitrogens with one attached hydrogen (secondary N) is 4. The first-order valence-corrected chi connectivity index (χ1v) is 17.0. The van der Waals surface area contributed by atoms with E-state index in [0.717, 1.165) is 17.6 Å². The second-order valence-corrected chi connectivity index (χ2v) is 11.8. The fraction of sp³-hybridized carbons (Fsp3) is 0.280. The van der Waals surface area contributed by atoms with Gasteiger partial charge in [-0.3, -0.25) is 4.18 Å². The van der Waals surface area contributed by atoms with E-state index in [9.17, 15) is 21.4 Å². The summed E-state index contributed by atoms with van der Waals surface area (Å²) in [5.74, 6) is 1.21. The number of sulfone groups is 1. The maximum atomic E-state index is 10.3. The molecule has 0 spiro atoms. The molecule has 21 heteroatoms. The molecule has 0 aliphatic rings. The first-order valence-electron chi connectivity index (χ1n) is 12.9. The molecule has 0 unspecified atom stereocenters. The minimum absolute atomic E-state index is 0. The van der Waals surface area contributed by atoms with Crippen LogP contribution in [0.3, 0.4) is 0 Å². The third-order valence-electron chi connectivity index (χ3n) is 4.41. The summed E-state index contributed by atoms with van der Waals surface area (Å²) >= 11 is 11.5. The standard InChI is InChI=1S/2C10H10ClN5.C3H8O6S2.C2H6.Na/c2*1-12-9-14-8(11)15-10(16-9)13-7-5-3-2-4-6-7;1-10(4,5)3-2-9-11(6,7)8;1-2;/h2*2-6H,1H3,(H2,12,13,14,15,16);2-3H2,1H3,(H,6,7,8);1-2H3;/q;;;;+1/p-1. The van der Waals surface area contributed by atoms with E-state index in [4.69, 9.17) is 23.2 Å².